The van der Waals surface area contributed by atoms with Gasteiger partial charge in [-0.25, -0.2) is 13.6 Å². The van der Waals surface area contributed by atoms with Crippen molar-refractivity contribution in [1.82, 2.24) is 4.57 Å². The summed E-state index contributed by atoms with van der Waals surface area (Å²) in [5.74, 6) is -2.78. The first kappa shape index (κ1) is 10.6. The number of hydrogen-bond donors (Lipinski definition) is 1. The third-order valence-electron chi connectivity index (χ3n) is 2.72. The van der Waals surface area contributed by atoms with E-state index in [0.29, 0.717) is 11.8 Å². The molecule has 0 aliphatic rings. The lowest BCUT2D eigenvalue weighted by atomic mass is 10.1. The number of nitrogens with zero attached hydrogens (tertiary/aromatic N) is 1. The molecule has 2 aromatic rings. The highest BCUT2D eigenvalue weighted by molar-refractivity contribution is 6.05. The molecule has 0 unspecified atom stereocenters. The number of carboxylic acid groups (broad SMARTS) is 1. The summed E-state index contributed by atoms with van der Waals surface area (Å²) in [5.41, 5.74) is 0.523. The number of aromatic carboxylic acids is 1. The average molecular weight is 225 g/mol. The molecule has 0 atom stereocenters. The van der Waals surface area contributed by atoms with E-state index in [9.17, 15) is 13.6 Å². The summed E-state index contributed by atoms with van der Waals surface area (Å²) in [4.78, 5) is 11.0. The Morgan fingerprint density at radius 2 is 2.00 bits per heavy atom. The second-order valence-electron chi connectivity index (χ2n) is 3.61. The van der Waals surface area contributed by atoms with Gasteiger partial charge in [-0.05, 0) is 13.0 Å². The van der Waals surface area contributed by atoms with Crippen LogP contribution in [0, 0.1) is 18.6 Å². The third kappa shape index (κ3) is 1.28. The molecular formula is C11H9F2NO2. The number of carbonyl (C=O) groups is 1. The quantitative estimate of drug-likeness (QED) is 0.810. The Morgan fingerprint density at radius 1 is 1.38 bits per heavy atom. The van der Waals surface area contributed by atoms with Crippen molar-refractivity contribution in [3.05, 3.63) is 35.0 Å². The molecule has 0 radical (unpaired) electrons. The molecule has 0 bridgehead atoms. The van der Waals surface area contributed by atoms with Gasteiger partial charge in [0.15, 0.2) is 0 Å². The van der Waals surface area contributed by atoms with Crippen LogP contribution in [0.3, 0.4) is 0 Å². The van der Waals surface area contributed by atoms with E-state index in [4.69, 9.17) is 5.11 Å². The van der Waals surface area contributed by atoms with Gasteiger partial charge in [0.2, 0.25) is 0 Å². The SMILES string of the molecule is Cc1c(C(=O)O)c2c(F)cc(F)cc2n1C. The van der Waals surface area contributed by atoms with E-state index >= 15 is 0 Å². The van der Waals surface area contributed by atoms with Gasteiger partial charge in [0, 0.05) is 18.8 Å². The lowest BCUT2D eigenvalue weighted by Gasteiger charge is -1.98. The molecule has 1 heterocycles. The number of rotatable bonds is 1. The van der Waals surface area contributed by atoms with E-state index in [1.807, 2.05) is 0 Å². The van der Waals surface area contributed by atoms with Gasteiger partial charge >= 0.3 is 5.97 Å². The van der Waals surface area contributed by atoms with E-state index in [2.05, 4.69) is 0 Å². The van der Waals surface area contributed by atoms with Crippen LogP contribution in [0.25, 0.3) is 10.9 Å². The summed E-state index contributed by atoms with van der Waals surface area (Å²) < 4.78 is 28.0. The maximum Gasteiger partial charge on any atom is 0.338 e. The molecule has 84 valence electrons. The number of hydrogen-bond acceptors (Lipinski definition) is 1. The zero-order chi connectivity index (χ0) is 12.0. The summed E-state index contributed by atoms with van der Waals surface area (Å²) in [6, 6.07) is 1.81. The highest BCUT2D eigenvalue weighted by Gasteiger charge is 2.21. The molecule has 0 saturated carbocycles. The highest BCUT2D eigenvalue weighted by Crippen LogP contribution is 2.28. The van der Waals surface area contributed by atoms with E-state index in [0.717, 1.165) is 6.07 Å². The van der Waals surface area contributed by atoms with Gasteiger partial charge in [0.25, 0.3) is 0 Å². The first-order chi connectivity index (χ1) is 7.43. The van der Waals surface area contributed by atoms with Gasteiger partial charge in [-0.1, -0.05) is 0 Å². The van der Waals surface area contributed by atoms with Crippen LogP contribution in [0.1, 0.15) is 16.1 Å². The third-order valence-corrected chi connectivity index (χ3v) is 2.72. The Labute approximate surface area is 89.9 Å². The molecule has 0 fully saturated rings. The molecule has 0 aliphatic heterocycles. The lowest BCUT2D eigenvalue weighted by molar-refractivity contribution is 0.0697. The number of benzene rings is 1. The van der Waals surface area contributed by atoms with Gasteiger partial charge in [0.05, 0.1) is 16.5 Å². The molecule has 0 aliphatic carbocycles. The Morgan fingerprint density at radius 3 is 2.56 bits per heavy atom. The molecule has 16 heavy (non-hydrogen) atoms. The highest BCUT2D eigenvalue weighted by atomic mass is 19.1. The van der Waals surface area contributed by atoms with Gasteiger partial charge in [-0.15, -0.1) is 0 Å². The zero-order valence-electron chi connectivity index (χ0n) is 8.71. The van der Waals surface area contributed by atoms with Crippen molar-refractivity contribution in [2.45, 2.75) is 6.92 Å². The molecule has 3 nitrogen and oxygen atoms in total. The van der Waals surface area contributed by atoms with Crippen LogP contribution < -0.4 is 0 Å². The van der Waals surface area contributed by atoms with E-state index in [-0.39, 0.29) is 16.5 Å². The first-order valence-corrected chi connectivity index (χ1v) is 4.60. The Balaban J connectivity index is 3.02. The van der Waals surface area contributed by atoms with Crippen molar-refractivity contribution < 1.29 is 18.7 Å². The summed E-state index contributed by atoms with van der Waals surface area (Å²) in [7, 11) is 1.57. The maximum absolute atomic E-state index is 13.5. The summed E-state index contributed by atoms with van der Waals surface area (Å²) >= 11 is 0. The van der Waals surface area contributed by atoms with Gasteiger partial charge in [-0.2, -0.15) is 0 Å². The lowest BCUT2D eigenvalue weighted by Crippen LogP contribution is -2.00. The van der Waals surface area contributed by atoms with E-state index in [1.165, 1.54) is 4.57 Å². The minimum atomic E-state index is -1.21. The Hall–Kier alpha value is -1.91. The number of carboxylic acids is 1. The van der Waals surface area contributed by atoms with Crippen LogP contribution in [-0.4, -0.2) is 15.6 Å². The molecule has 1 aromatic carbocycles. The minimum Gasteiger partial charge on any atom is -0.478 e. The van der Waals surface area contributed by atoms with Crippen molar-refractivity contribution in [3.63, 3.8) is 0 Å². The van der Waals surface area contributed by atoms with E-state index < -0.39 is 17.6 Å². The fourth-order valence-corrected chi connectivity index (χ4v) is 1.86. The topological polar surface area (TPSA) is 42.2 Å². The van der Waals surface area contributed by atoms with Crippen molar-refractivity contribution >= 4 is 16.9 Å². The van der Waals surface area contributed by atoms with Crippen LogP contribution in [0.4, 0.5) is 8.78 Å². The standard InChI is InChI=1S/C11H9F2NO2/c1-5-9(11(15)16)10-7(13)3-6(12)4-8(10)14(5)2/h3-4H,1-2H3,(H,15,16). The van der Waals surface area contributed by atoms with Crippen LogP contribution in [-0.2, 0) is 7.05 Å². The molecule has 2 rings (SSSR count). The smallest absolute Gasteiger partial charge is 0.338 e. The van der Waals surface area contributed by atoms with Crippen molar-refractivity contribution in [1.29, 1.82) is 0 Å². The van der Waals surface area contributed by atoms with E-state index in [1.54, 1.807) is 14.0 Å². The number of aromatic nitrogens is 1. The summed E-state index contributed by atoms with van der Waals surface area (Å²) in [6.07, 6.45) is 0. The van der Waals surface area contributed by atoms with Crippen LogP contribution in [0.2, 0.25) is 0 Å². The second kappa shape index (κ2) is 3.30. The van der Waals surface area contributed by atoms with Gasteiger partial charge in [-0.3, -0.25) is 0 Å². The molecule has 0 amide bonds. The first-order valence-electron chi connectivity index (χ1n) is 4.60. The van der Waals surface area contributed by atoms with Crippen LogP contribution in [0.15, 0.2) is 12.1 Å². The molecular weight excluding hydrogens is 216 g/mol. The molecule has 1 N–H and O–H groups in total. The van der Waals surface area contributed by atoms with Crippen LogP contribution >= 0.6 is 0 Å². The molecule has 5 heteroatoms. The molecule has 1 aromatic heterocycles. The largest absolute Gasteiger partial charge is 0.478 e. The fourth-order valence-electron chi connectivity index (χ4n) is 1.86. The van der Waals surface area contributed by atoms with Crippen LogP contribution in [0.5, 0.6) is 0 Å². The number of halogens is 2. The summed E-state index contributed by atoms with van der Waals surface area (Å²) in [6.45, 7) is 1.56. The van der Waals surface area contributed by atoms with Crippen molar-refractivity contribution in [2.75, 3.05) is 0 Å². The molecule has 0 saturated heterocycles. The fraction of sp³-hybridized carbons (Fsp3) is 0.182. The minimum absolute atomic E-state index is 0.0473. The molecule has 0 spiro atoms. The van der Waals surface area contributed by atoms with Crippen molar-refractivity contribution in [3.8, 4) is 0 Å². The zero-order valence-corrected chi connectivity index (χ0v) is 8.71. The van der Waals surface area contributed by atoms with Gasteiger partial charge < -0.3 is 9.67 Å². The Bertz CT molecular complexity index is 602. The maximum atomic E-state index is 13.5. The monoisotopic (exact) mass is 225 g/mol. The summed E-state index contributed by atoms with van der Waals surface area (Å²) in [5, 5.41) is 8.95. The number of fused-ring (bicyclic) bond motifs is 1. The predicted molar refractivity (Wildman–Crippen MR) is 54.5 cm³/mol. The van der Waals surface area contributed by atoms with Crippen molar-refractivity contribution in [2.24, 2.45) is 7.05 Å². The number of aryl methyl sites for hydroxylation is 1. The second-order valence-corrected chi connectivity index (χ2v) is 3.61. The Kier molecular flexibility index (Phi) is 2.18. The average Bonchev–Trinajstić information content (AvgIpc) is 2.42. The van der Waals surface area contributed by atoms with Gasteiger partial charge in [0.1, 0.15) is 11.6 Å². The predicted octanol–water partition coefficient (Wildman–Crippen LogP) is 2.46. The normalized spacial score (nSPS) is 11.0.